The Morgan fingerprint density at radius 1 is 1.47 bits per heavy atom. The lowest BCUT2D eigenvalue weighted by Gasteiger charge is -2.12. The van der Waals surface area contributed by atoms with Crippen molar-refractivity contribution < 1.29 is 9.90 Å². The molecule has 0 unspecified atom stereocenters. The number of aromatic carboxylic acids is 1. The Balaban J connectivity index is 2.43. The first-order valence-corrected chi connectivity index (χ1v) is 4.87. The fraction of sp³-hybridized carbons (Fsp3) is 0.500. The van der Waals surface area contributed by atoms with Crippen molar-refractivity contribution in [3.63, 3.8) is 0 Å². The summed E-state index contributed by atoms with van der Waals surface area (Å²) in [4.78, 5) is 20.6. The highest BCUT2D eigenvalue weighted by Crippen LogP contribution is 2.39. The van der Waals surface area contributed by atoms with Gasteiger partial charge in [-0.25, -0.2) is 14.8 Å². The molecule has 1 aliphatic rings. The molecule has 0 saturated heterocycles. The molecule has 0 radical (unpaired) electrons. The van der Waals surface area contributed by atoms with Gasteiger partial charge in [-0.2, -0.15) is 0 Å². The van der Waals surface area contributed by atoms with Gasteiger partial charge in [-0.3, -0.25) is 0 Å². The highest BCUT2D eigenvalue weighted by Gasteiger charge is 2.27. The van der Waals surface area contributed by atoms with Gasteiger partial charge in [0.25, 0.3) is 0 Å². The third-order valence-electron chi connectivity index (χ3n) is 2.38. The van der Waals surface area contributed by atoms with Crippen LogP contribution in [0.15, 0.2) is 6.07 Å². The zero-order valence-corrected chi connectivity index (χ0v) is 8.77. The van der Waals surface area contributed by atoms with E-state index in [0.29, 0.717) is 11.7 Å². The number of nitrogens with zero attached hydrogens (tertiary/aromatic N) is 3. The van der Waals surface area contributed by atoms with E-state index in [-0.39, 0.29) is 5.82 Å². The first-order chi connectivity index (χ1) is 7.08. The average molecular weight is 207 g/mol. The summed E-state index contributed by atoms with van der Waals surface area (Å²) in [6, 6.07) is 1.87. The number of carboxylic acids is 1. The Bertz CT molecular complexity index is 379. The van der Waals surface area contributed by atoms with Gasteiger partial charge >= 0.3 is 5.97 Å². The van der Waals surface area contributed by atoms with E-state index < -0.39 is 5.97 Å². The zero-order valence-electron chi connectivity index (χ0n) is 8.77. The van der Waals surface area contributed by atoms with Crippen LogP contribution in [-0.2, 0) is 0 Å². The minimum atomic E-state index is -1.07. The molecule has 0 amide bonds. The monoisotopic (exact) mass is 207 g/mol. The van der Waals surface area contributed by atoms with Crippen LogP contribution in [0.1, 0.15) is 35.1 Å². The number of aromatic nitrogens is 2. The zero-order chi connectivity index (χ0) is 11.0. The first kappa shape index (κ1) is 9.89. The Hall–Kier alpha value is -1.65. The van der Waals surface area contributed by atoms with Gasteiger partial charge in [0, 0.05) is 31.8 Å². The molecule has 1 aromatic rings. The molecule has 2 rings (SSSR count). The summed E-state index contributed by atoms with van der Waals surface area (Å²) in [5.41, 5.74) is 0.853. The Labute approximate surface area is 87.8 Å². The van der Waals surface area contributed by atoms with Gasteiger partial charge in [0.15, 0.2) is 0 Å². The summed E-state index contributed by atoms with van der Waals surface area (Å²) >= 11 is 0. The van der Waals surface area contributed by atoms with Crippen LogP contribution in [0.25, 0.3) is 0 Å². The summed E-state index contributed by atoms with van der Waals surface area (Å²) in [5, 5.41) is 8.87. The van der Waals surface area contributed by atoms with E-state index in [1.54, 1.807) is 4.90 Å². The van der Waals surface area contributed by atoms with Crippen LogP contribution in [0.4, 0.5) is 5.82 Å². The molecule has 80 valence electrons. The fourth-order valence-electron chi connectivity index (χ4n) is 1.37. The Kier molecular flexibility index (Phi) is 2.30. The van der Waals surface area contributed by atoms with Crippen LogP contribution in [0.2, 0.25) is 0 Å². The maximum absolute atomic E-state index is 10.8. The summed E-state index contributed by atoms with van der Waals surface area (Å²) in [6.07, 6.45) is 2.20. The van der Waals surface area contributed by atoms with Gasteiger partial charge in [-0.05, 0) is 12.8 Å². The minimum Gasteiger partial charge on any atom is -0.475 e. The van der Waals surface area contributed by atoms with Crippen molar-refractivity contribution in [3.8, 4) is 0 Å². The third kappa shape index (κ3) is 2.06. The van der Waals surface area contributed by atoms with Crippen molar-refractivity contribution in [2.45, 2.75) is 18.8 Å². The first-order valence-electron chi connectivity index (χ1n) is 4.87. The number of anilines is 1. The smallest absolute Gasteiger partial charge is 0.374 e. The van der Waals surface area contributed by atoms with Crippen LogP contribution >= 0.6 is 0 Å². The molecular formula is C10H13N3O2. The summed E-state index contributed by atoms with van der Waals surface area (Å²) in [7, 11) is 3.68. The quantitative estimate of drug-likeness (QED) is 0.804. The van der Waals surface area contributed by atoms with E-state index in [0.717, 1.165) is 18.5 Å². The second kappa shape index (κ2) is 3.49. The molecule has 1 saturated carbocycles. The predicted octanol–water partition coefficient (Wildman–Crippen LogP) is 1.12. The fourth-order valence-corrected chi connectivity index (χ4v) is 1.37. The summed E-state index contributed by atoms with van der Waals surface area (Å²) in [5.74, 6) is -0.0854. The Morgan fingerprint density at radius 3 is 2.60 bits per heavy atom. The van der Waals surface area contributed by atoms with E-state index >= 15 is 0 Å². The van der Waals surface area contributed by atoms with E-state index in [9.17, 15) is 4.79 Å². The molecule has 0 aromatic carbocycles. The minimum absolute atomic E-state index is 0.108. The van der Waals surface area contributed by atoms with Crippen molar-refractivity contribution in [3.05, 3.63) is 17.6 Å². The van der Waals surface area contributed by atoms with E-state index in [1.165, 1.54) is 0 Å². The average Bonchev–Trinajstić information content (AvgIpc) is 3.00. The van der Waals surface area contributed by atoms with Crippen molar-refractivity contribution in [2.75, 3.05) is 19.0 Å². The molecule has 0 spiro atoms. The third-order valence-corrected chi connectivity index (χ3v) is 2.38. The summed E-state index contributed by atoms with van der Waals surface area (Å²) < 4.78 is 0. The lowest BCUT2D eigenvalue weighted by molar-refractivity contribution is 0.0683. The molecule has 1 aromatic heterocycles. The number of carbonyl (C=O) groups is 1. The van der Waals surface area contributed by atoms with Gasteiger partial charge in [-0.15, -0.1) is 0 Å². The van der Waals surface area contributed by atoms with Crippen molar-refractivity contribution in [2.24, 2.45) is 0 Å². The van der Waals surface area contributed by atoms with Gasteiger partial charge in [0.2, 0.25) is 5.82 Å². The maximum atomic E-state index is 10.8. The highest BCUT2D eigenvalue weighted by atomic mass is 16.4. The van der Waals surface area contributed by atoms with Crippen LogP contribution in [-0.4, -0.2) is 35.1 Å². The van der Waals surface area contributed by atoms with Crippen LogP contribution < -0.4 is 4.90 Å². The molecule has 1 aliphatic carbocycles. The van der Waals surface area contributed by atoms with Crippen LogP contribution in [0.3, 0.4) is 0 Å². The molecule has 15 heavy (non-hydrogen) atoms. The Morgan fingerprint density at radius 2 is 2.13 bits per heavy atom. The van der Waals surface area contributed by atoms with Gasteiger partial charge < -0.3 is 10.0 Å². The predicted molar refractivity (Wildman–Crippen MR) is 55.3 cm³/mol. The second-order valence-corrected chi connectivity index (χ2v) is 3.95. The maximum Gasteiger partial charge on any atom is 0.374 e. The standard InChI is InChI=1S/C10H13N3O2/c1-13(2)8-5-7(6-3-4-6)11-9(12-8)10(14)15/h5-6H,3-4H2,1-2H3,(H,14,15). The van der Waals surface area contributed by atoms with E-state index in [2.05, 4.69) is 9.97 Å². The van der Waals surface area contributed by atoms with Crippen LogP contribution in [0.5, 0.6) is 0 Å². The normalized spacial score (nSPS) is 15.1. The molecule has 1 N–H and O–H groups in total. The number of hydrogen-bond acceptors (Lipinski definition) is 4. The topological polar surface area (TPSA) is 66.3 Å². The van der Waals surface area contributed by atoms with Crippen molar-refractivity contribution in [1.29, 1.82) is 0 Å². The number of rotatable bonds is 3. The van der Waals surface area contributed by atoms with E-state index in [4.69, 9.17) is 5.11 Å². The lowest BCUT2D eigenvalue weighted by Crippen LogP contribution is -2.15. The van der Waals surface area contributed by atoms with Gasteiger partial charge in [0.05, 0.1) is 0 Å². The summed E-state index contributed by atoms with van der Waals surface area (Å²) in [6.45, 7) is 0. The van der Waals surface area contributed by atoms with Gasteiger partial charge in [-0.1, -0.05) is 0 Å². The number of carboxylic acid groups (broad SMARTS) is 1. The molecule has 0 bridgehead atoms. The molecular weight excluding hydrogens is 194 g/mol. The molecule has 0 atom stereocenters. The lowest BCUT2D eigenvalue weighted by atomic mass is 10.2. The molecule has 0 aliphatic heterocycles. The van der Waals surface area contributed by atoms with Crippen LogP contribution in [0, 0.1) is 0 Å². The van der Waals surface area contributed by atoms with Crippen molar-refractivity contribution >= 4 is 11.8 Å². The SMILES string of the molecule is CN(C)c1cc(C2CC2)nc(C(=O)O)n1. The van der Waals surface area contributed by atoms with E-state index in [1.807, 2.05) is 20.2 Å². The molecule has 5 heteroatoms. The van der Waals surface area contributed by atoms with Crippen molar-refractivity contribution in [1.82, 2.24) is 9.97 Å². The van der Waals surface area contributed by atoms with Gasteiger partial charge in [0.1, 0.15) is 5.82 Å². The molecule has 5 nitrogen and oxygen atoms in total. The number of hydrogen-bond donors (Lipinski definition) is 1. The second-order valence-electron chi connectivity index (χ2n) is 3.95. The largest absolute Gasteiger partial charge is 0.475 e. The molecule has 1 heterocycles. The molecule has 1 fully saturated rings. The highest BCUT2D eigenvalue weighted by molar-refractivity contribution is 5.83.